The van der Waals surface area contributed by atoms with Crippen LogP contribution < -0.4 is 10.1 Å². The Morgan fingerprint density at radius 2 is 2.05 bits per heavy atom. The van der Waals surface area contributed by atoms with Gasteiger partial charge in [-0.2, -0.15) is 0 Å². The number of benzene rings is 1. The number of rotatable bonds is 7. The fourth-order valence-electron chi connectivity index (χ4n) is 1.71. The number of amides is 1. The minimum absolute atomic E-state index is 0.0118. The van der Waals surface area contributed by atoms with Crippen LogP contribution >= 0.6 is 0 Å². The summed E-state index contributed by atoms with van der Waals surface area (Å²) in [5.41, 5.74) is 0.973. The first kappa shape index (κ1) is 14.1. The zero-order chi connectivity index (χ0) is 14.2. The molecule has 1 aromatic heterocycles. The molecule has 0 atom stereocenters. The normalized spacial score (nSPS) is 10.2. The van der Waals surface area contributed by atoms with Crippen molar-refractivity contribution in [1.82, 2.24) is 10.3 Å². The van der Waals surface area contributed by atoms with E-state index >= 15 is 0 Å². The standard InChI is InChI=1S/C15H17FN2O2/c16-12-5-7-14(8-6-12)20-10-2-4-15(19)18-11-13-3-1-9-17-13/h1,3,5-9,17H,2,4,10-11H2,(H,18,19). The minimum atomic E-state index is -0.291. The van der Waals surface area contributed by atoms with E-state index in [9.17, 15) is 9.18 Å². The van der Waals surface area contributed by atoms with Crippen molar-refractivity contribution in [3.8, 4) is 5.75 Å². The van der Waals surface area contributed by atoms with E-state index in [0.717, 1.165) is 5.69 Å². The molecule has 1 aromatic carbocycles. The Bertz CT molecular complexity index is 523. The molecule has 0 saturated carbocycles. The van der Waals surface area contributed by atoms with Crippen LogP contribution in [0.5, 0.6) is 5.75 Å². The number of carbonyl (C=O) groups is 1. The number of hydrogen-bond donors (Lipinski definition) is 2. The summed E-state index contributed by atoms with van der Waals surface area (Å²) in [6.07, 6.45) is 2.84. The predicted molar refractivity (Wildman–Crippen MR) is 73.8 cm³/mol. The van der Waals surface area contributed by atoms with E-state index in [-0.39, 0.29) is 11.7 Å². The van der Waals surface area contributed by atoms with Crippen LogP contribution in [0.4, 0.5) is 4.39 Å². The third kappa shape index (κ3) is 4.76. The van der Waals surface area contributed by atoms with Crippen LogP contribution in [0.2, 0.25) is 0 Å². The Labute approximate surface area is 117 Å². The van der Waals surface area contributed by atoms with E-state index in [2.05, 4.69) is 10.3 Å². The topological polar surface area (TPSA) is 54.1 Å². The number of hydrogen-bond acceptors (Lipinski definition) is 2. The fraction of sp³-hybridized carbons (Fsp3) is 0.267. The molecule has 0 saturated heterocycles. The van der Waals surface area contributed by atoms with Crippen molar-refractivity contribution < 1.29 is 13.9 Å². The quantitative estimate of drug-likeness (QED) is 0.764. The molecule has 0 bridgehead atoms. The molecule has 4 nitrogen and oxygen atoms in total. The molecular formula is C15H17FN2O2. The molecule has 2 aromatic rings. The summed E-state index contributed by atoms with van der Waals surface area (Å²) in [5.74, 6) is 0.307. The number of nitrogens with one attached hydrogen (secondary N) is 2. The first-order valence-corrected chi connectivity index (χ1v) is 6.51. The molecule has 0 unspecified atom stereocenters. The highest BCUT2D eigenvalue weighted by Crippen LogP contribution is 2.11. The van der Waals surface area contributed by atoms with Crippen LogP contribution in [-0.4, -0.2) is 17.5 Å². The first-order chi connectivity index (χ1) is 9.74. The van der Waals surface area contributed by atoms with Gasteiger partial charge in [-0.15, -0.1) is 0 Å². The van der Waals surface area contributed by atoms with Gasteiger partial charge in [-0.05, 0) is 42.8 Å². The number of carbonyl (C=O) groups excluding carboxylic acids is 1. The molecule has 2 N–H and O–H groups in total. The second-order valence-electron chi connectivity index (χ2n) is 4.38. The van der Waals surface area contributed by atoms with E-state index in [1.54, 1.807) is 12.1 Å². The van der Waals surface area contributed by atoms with Crippen molar-refractivity contribution in [1.29, 1.82) is 0 Å². The summed E-state index contributed by atoms with van der Waals surface area (Å²) in [7, 11) is 0. The van der Waals surface area contributed by atoms with Gasteiger partial charge in [-0.1, -0.05) is 0 Å². The molecule has 0 aliphatic heterocycles. The molecule has 20 heavy (non-hydrogen) atoms. The van der Waals surface area contributed by atoms with E-state index in [0.29, 0.717) is 31.7 Å². The van der Waals surface area contributed by atoms with Crippen LogP contribution in [0.3, 0.4) is 0 Å². The second-order valence-corrected chi connectivity index (χ2v) is 4.38. The zero-order valence-electron chi connectivity index (χ0n) is 11.1. The second kappa shape index (κ2) is 7.33. The molecule has 1 heterocycles. The third-order valence-corrected chi connectivity index (χ3v) is 2.77. The Morgan fingerprint density at radius 3 is 2.75 bits per heavy atom. The summed E-state index contributed by atoms with van der Waals surface area (Å²) in [6, 6.07) is 9.63. The number of H-pyrrole nitrogens is 1. The largest absolute Gasteiger partial charge is 0.494 e. The Balaban J connectivity index is 1.58. The van der Waals surface area contributed by atoms with Crippen molar-refractivity contribution in [3.05, 3.63) is 54.1 Å². The van der Waals surface area contributed by atoms with Crippen molar-refractivity contribution in [2.45, 2.75) is 19.4 Å². The molecule has 0 aliphatic rings. The summed E-state index contributed by atoms with van der Waals surface area (Å²) in [6.45, 7) is 0.937. The van der Waals surface area contributed by atoms with Crippen molar-refractivity contribution in [3.63, 3.8) is 0 Å². The number of halogens is 1. The lowest BCUT2D eigenvalue weighted by atomic mass is 10.3. The monoisotopic (exact) mass is 276 g/mol. The van der Waals surface area contributed by atoms with Crippen molar-refractivity contribution in [2.75, 3.05) is 6.61 Å². The van der Waals surface area contributed by atoms with Gasteiger partial charge >= 0.3 is 0 Å². The minimum Gasteiger partial charge on any atom is -0.494 e. The molecule has 2 rings (SSSR count). The Kier molecular flexibility index (Phi) is 5.17. The van der Waals surface area contributed by atoms with Gasteiger partial charge in [0.1, 0.15) is 11.6 Å². The van der Waals surface area contributed by atoms with Crippen LogP contribution in [0, 0.1) is 5.82 Å². The van der Waals surface area contributed by atoms with Gasteiger partial charge in [0.05, 0.1) is 13.2 Å². The van der Waals surface area contributed by atoms with Crippen molar-refractivity contribution >= 4 is 5.91 Å². The smallest absolute Gasteiger partial charge is 0.220 e. The Hall–Kier alpha value is -2.30. The van der Waals surface area contributed by atoms with Crippen LogP contribution in [0.1, 0.15) is 18.5 Å². The molecule has 106 valence electrons. The zero-order valence-corrected chi connectivity index (χ0v) is 11.1. The summed E-state index contributed by atoms with van der Waals surface area (Å²) < 4.78 is 18.1. The van der Waals surface area contributed by atoms with Crippen molar-refractivity contribution in [2.24, 2.45) is 0 Å². The number of aromatic nitrogens is 1. The van der Waals surface area contributed by atoms with E-state index in [1.807, 2.05) is 18.3 Å². The molecule has 1 amide bonds. The average Bonchev–Trinajstić information content (AvgIpc) is 2.96. The fourth-order valence-corrected chi connectivity index (χ4v) is 1.71. The molecule has 0 fully saturated rings. The van der Waals surface area contributed by atoms with Gasteiger partial charge in [-0.3, -0.25) is 4.79 Å². The number of ether oxygens (including phenoxy) is 1. The summed E-state index contributed by atoms with van der Waals surface area (Å²) >= 11 is 0. The molecular weight excluding hydrogens is 259 g/mol. The van der Waals surface area contributed by atoms with Gasteiger partial charge in [0.25, 0.3) is 0 Å². The summed E-state index contributed by atoms with van der Waals surface area (Å²) in [4.78, 5) is 14.6. The number of aromatic amines is 1. The van der Waals surface area contributed by atoms with Crippen LogP contribution in [0.25, 0.3) is 0 Å². The van der Waals surface area contributed by atoms with Gasteiger partial charge < -0.3 is 15.0 Å². The predicted octanol–water partition coefficient (Wildman–Crippen LogP) is 2.63. The molecule has 0 radical (unpaired) electrons. The highest BCUT2D eigenvalue weighted by molar-refractivity contribution is 5.75. The lowest BCUT2D eigenvalue weighted by Crippen LogP contribution is -2.23. The third-order valence-electron chi connectivity index (χ3n) is 2.77. The first-order valence-electron chi connectivity index (χ1n) is 6.51. The van der Waals surface area contributed by atoms with Gasteiger partial charge in [0, 0.05) is 18.3 Å². The van der Waals surface area contributed by atoms with Gasteiger partial charge in [0.15, 0.2) is 0 Å². The van der Waals surface area contributed by atoms with Crippen LogP contribution in [-0.2, 0) is 11.3 Å². The maximum atomic E-state index is 12.7. The average molecular weight is 276 g/mol. The molecule has 0 aliphatic carbocycles. The molecule has 5 heteroatoms. The Morgan fingerprint density at radius 1 is 1.25 bits per heavy atom. The lowest BCUT2D eigenvalue weighted by molar-refractivity contribution is -0.121. The van der Waals surface area contributed by atoms with E-state index in [4.69, 9.17) is 4.74 Å². The van der Waals surface area contributed by atoms with Gasteiger partial charge in [-0.25, -0.2) is 4.39 Å². The lowest BCUT2D eigenvalue weighted by Gasteiger charge is -2.06. The highest BCUT2D eigenvalue weighted by Gasteiger charge is 2.02. The van der Waals surface area contributed by atoms with E-state index < -0.39 is 0 Å². The summed E-state index contributed by atoms with van der Waals surface area (Å²) in [5, 5.41) is 2.82. The van der Waals surface area contributed by atoms with E-state index in [1.165, 1.54) is 12.1 Å². The highest BCUT2D eigenvalue weighted by atomic mass is 19.1. The van der Waals surface area contributed by atoms with Crippen LogP contribution in [0.15, 0.2) is 42.6 Å². The maximum Gasteiger partial charge on any atom is 0.220 e. The molecule has 0 spiro atoms. The maximum absolute atomic E-state index is 12.7. The SMILES string of the molecule is O=C(CCCOc1ccc(F)cc1)NCc1ccc[nH]1. The van der Waals surface area contributed by atoms with Gasteiger partial charge in [0.2, 0.25) is 5.91 Å².